The molecule has 102 valence electrons. The van der Waals surface area contributed by atoms with Crippen LogP contribution >= 0.6 is 15.9 Å². The van der Waals surface area contributed by atoms with Crippen molar-refractivity contribution in [3.05, 3.63) is 22.7 Å². The Hall–Kier alpha value is -0.590. The molecule has 4 nitrogen and oxygen atoms in total. The molecule has 18 heavy (non-hydrogen) atoms. The number of hydrogen-bond acceptors (Lipinski definition) is 3. The molecule has 0 aliphatic heterocycles. The van der Waals surface area contributed by atoms with Gasteiger partial charge >= 0.3 is 0 Å². The first-order chi connectivity index (χ1) is 8.30. The lowest BCUT2D eigenvalue weighted by Gasteiger charge is -2.26. The Balaban J connectivity index is 3.26. The van der Waals surface area contributed by atoms with Crippen molar-refractivity contribution in [2.24, 2.45) is 0 Å². The van der Waals surface area contributed by atoms with Gasteiger partial charge in [0.1, 0.15) is 4.90 Å². The molecule has 0 bridgehead atoms. The molecule has 0 atom stereocenters. The van der Waals surface area contributed by atoms with E-state index in [2.05, 4.69) is 15.9 Å². The molecule has 0 saturated carbocycles. The average Bonchev–Trinajstić information content (AvgIpc) is 2.24. The fourth-order valence-corrected chi connectivity index (χ4v) is 3.96. The van der Waals surface area contributed by atoms with Gasteiger partial charge in [0.15, 0.2) is 0 Å². The lowest BCUT2D eigenvalue weighted by Crippen LogP contribution is -2.37. The van der Waals surface area contributed by atoms with Crippen LogP contribution in [0.1, 0.15) is 27.2 Å². The van der Waals surface area contributed by atoms with Crippen molar-refractivity contribution in [1.29, 1.82) is 0 Å². The number of nitrogens with zero attached hydrogens (tertiary/aromatic N) is 1. The van der Waals surface area contributed by atoms with Gasteiger partial charge in [-0.15, -0.1) is 0 Å². The predicted molar refractivity (Wildman–Crippen MR) is 77.9 cm³/mol. The topological polar surface area (TPSA) is 63.4 Å². The van der Waals surface area contributed by atoms with Gasteiger partial charge < -0.3 is 5.73 Å². The van der Waals surface area contributed by atoms with Crippen LogP contribution in [-0.2, 0) is 10.0 Å². The Labute approximate surface area is 117 Å². The van der Waals surface area contributed by atoms with Crippen molar-refractivity contribution >= 4 is 31.6 Å². The van der Waals surface area contributed by atoms with Crippen LogP contribution in [0.5, 0.6) is 0 Å². The second-order valence-corrected chi connectivity index (χ2v) is 7.17. The summed E-state index contributed by atoms with van der Waals surface area (Å²) in [6.45, 7) is 6.18. The number of halogens is 1. The summed E-state index contributed by atoms with van der Waals surface area (Å²) in [5.41, 5.74) is 6.08. The zero-order valence-corrected chi connectivity index (χ0v) is 13.3. The largest absolute Gasteiger partial charge is 0.398 e. The highest BCUT2D eigenvalue weighted by Gasteiger charge is 2.27. The summed E-state index contributed by atoms with van der Waals surface area (Å²) in [5.74, 6) is 0. The summed E-state index contributed by atoms with van der Waals surface area (Å²) in [6.07, 6.45) is 0.772. The molecule has 0 saturated heterocycles. The van der Waals surface area contributed by atoms with E-state index in [9.17, 15) is 8.42 Å². The van der Waals surface area contributed by atoms with Gasteiger partial charge in [-0.3, -0.25) is 0 Å². The zero-order chi connectivity index (χ0) is 13.9. The average molecular weight is 335 g/mol. The number of benzene rings is 1. The second kappa shape index (κ2) is 6.04. The number of anilines is 1. The highest BCUT2D eigenvalue weighted by molar-refractivity contribution is 9.10. The molecular weight excluding hydrogens is 316 g/mol. The van der Waals surface area contributed by atoms with Gasteiger partial charge in [0.2, 0.25) is 10.0 Å². The Morgan fingerprint density at radius 2 is 2.00 bits per heavy atom. The molecule has 0 unspecified atom stereocenters. The van der Waals surface area contributed by atoms with Crippen LogP contribution in [0.3, 0.4) is 0 Å². The summed E-state index contributed by atoms with van der Waals surface area (Å²) < 4.78 is 27.3. The van der Waals surface area contributed by atoms with Crippen LogP contribution in [0.2, 0.25) is 0 Å². The highest BCUT2D eigenvalue weighted by Crippen LogP contribution is 2.26. The van der Waals surface area contributed by atoms with Gasteiger partial charge in [-0.1, -0.05) is 22.9 Å². The van der Waals surface area contributed by atoms with Crippen molar-refractivity contribution in [2.45, 2.75) is 38.1 Å². The standard InChI is InChI=1S/C12H19BrN2O2S/c1-4-7-15(9(2)3)18(16,17)12-6-5-10(13)8-11(12)14/h5-6,8-9H,4,7,14H2,1-3H3. The zero-order valence-electron chi connectivity index (χ0n) is 10.9. The van der Waals surface area contributed by atoms with Crippen LogP contribution in [-0.4, -0.2) is 25.3 Å². The van der Waals surface area contributed by atoms with E-state index >= 15 is 0 Å². The highest BCUT2D eigenvalue weighted by atomic mass is 79.9. The van der Waals surface area contributed by atoms with Gasteiger partial charge in [-0.2, -0.15) is 4.31 Å². The molecule has 1 aromatic rings. The molecule has 0 radical (unpaired) electrons. The monoisotopic (exact) mass is 334 g/mol. The molecule has 0 aliphatic rings. The summed E-state index contributed by atoms with van der Waals surface area (Å²) in [7, 11) is -3.52. The van der Waals surface area contributed by atoms with Crippen LogP contribution < -0.4 is 5.73 Å². The van der Waals surface area contributed by atoms with Crippen LogP contribution in [0.25, 0.3) is 0 Å². The lowest BCUT2D eigenvalue weighted by atomic mass is 10.3. The minimum atomic E-state index is -3.52. The second-order valence-electron chi connectivity index (χ2n) is 4.39. The molecule has 0 fully saturated rings. The molecule has 1 rings (SSSR count). The third-order valence-electron chi connectivity index (χ3n) is 2.58. The third kappa shape index (κ3) is 3.24. The SMILES string of the molecule is CCCN(C(C)C)S(=O)(=O)c1ccc(Br)cc1N. The molecule has 0 aliphatic carbocycles. The number of nitrogen functional groups attached to an aromatic ring is 1. The van der Waals surface area contributed by atoms with Crippen molar-refractivity contribution in [1.82, 2.24) is 4.31 Å². The molecule has 2 N–H and O–H groups in total. The van der Waals surface area contributed by atoms with E-state index in [4.69, 9.17) is 5.73 Å². The molecule has 0 heterocycles. The normalized spacial score (nSPS) is 12.3. The van der Waals surface area contributed by atoms with Crippen molar-refractivity contribution < 1.29 is 8.42 Å². The maximum atomic E-state index is 12.5. The van der Waals surface area contributed by atoms with E-state index in [-0.39, 0.29) is 16.6 Å². The number of rotatable bonds is 5. The Morgan fingerprint density at radius 3 is 2.44 bits per heavy atom. The number of hydrogen-bond donors (Lipinski definition) is 1. The van der Waals surface area contributed by atoms with E-state index in [0.717, 1.165) is 10.9 Å². The van der Waals surface area contributed by atoms with Gasteiger partial charge in [-0.25, -0.2) is 8.42 Å². The summed E-state index contributed by atoms with van der Waals surface area (Å²) in [6, 6.07) is 4.75. The summed E-state index contributed by atoms with van der Waals surface area (Å²) >= 11 is 3.27. The fraction of sp³-hybridized carbons (Fsp3) is 0.500. The first-order valence-electron chi connectivity index (χ1n) is 5.87. The smallest absolute Gasteiger partial charge is 0.245 e. The van der Waals surface area contributed by atoms with E-state index in [1.165, 1.54) is 4.31 Å². The Morgan fingerprint density at radius 1 is 1.39 bits per heavy atom. The lowest BCUT2D eigenvalue weighted by molar-refractivity contribution is 0.354. The van der Waals surface area contributed by atoms with Crippen LogP contribution in [0.4, 0.5) is 5.69 Å². The van der Waals surface area contributed by atoms with Crippen LogP contribution in [0, 0.1) is 0 Å². The van der Waals surface area contributed by atoms with Crippen molar-refractivity contribution in [3.8, 4) is 0 Å². The fourth-order valence-electron chi connectivity index (χ4n) is 1.76. The van der Waals surface area contributed by atoms with Gasteiger partial charge in [-0.05, 0) is 38.5 Å². The van der Waals surface area contributed by atoms with E-state index < -0.39 is 10.0 Å². The molecule has 0 amide bonds. The van der Waals surface area contributed by atoms with Gasteiger partial charge in [0.05, 0.1) is 5.69 Å². The Bertz CT molecular complexity index is 515. The number of sulfonamides is 1. The Kier molecular flexibility index (Phi) is 5.19. The quantitative estimate of drug-likeness (QED) is 0.842. The maximum absolute atomic E-state index is 12.5. The molecular formula is C12H19BrN2O2S. The van der Waals surface area contributed by atoms with Gasteiger partial charge in [0.25, 0.3) is 0 Å². The number of nitrogens with two attached hydrogens (primary N) is 1. The van der Waals surface area contributed by atoms with Crippen molar-refractivity contribution in [2.75, 3.05) is 12.3 Å². The first kappa shape index (κ1) is 15.5. The van der Waals surface area contributed by atoms with Crippen LogP contribution in [0.15, 0.2) is 27.6 Å². The third-order valence-corrected chi connectivity index (χ3v) is 5.22. The molecule has 1 aromatic carbocycles. The minimum Gasteiger partial charge on any atom is -0.398 e. The van der Waals surface area contributed by atoms with Crippen molar-refractivity contribution in [3.63, 3.8) is 0 Å². The first-order valence-corrected chi connectivity index (χ1v) is 8.11. The summed E-state index contributed by atoms with van der Waals surface area (Å²) in [4.78, 5) is 0.174. The maximum Gasteiger partial charge on any atom is 0.245 e. The van der Waals surface area contributed by atoms with Gasteiger partial charge in [0, 0.05) is 17.1 Å². The molecule has 6 heteroatoms. The van der Waals surface area contributed by atoms with E-state index in [1.54, 1.807) is 18.2 Å². The summed E-state index contributed by atoms with van der Waals surface area (Å²) in [5, 5.41) is 0. The van der Waals surface area contributed by atoms with E-state index in [0.29, 0.717) is 6.54 Å². The van der Waals surface area contributed by atoms with E-state index in [1.807, 2.05) is 20.8 Å². The molecule has 0 aromatic heterocycles. The minimum absolute atomic E-state index is 0.0852. The predicted octanol–water partition coefficient (Wildman–Crippen LogP) is 2.84. The molecule has 0 spiro atoms.